The van der Waals surface area contributed by atoms with Crippen LogP contribution in [-0.2, 0) is 20.7 Å². The van der Waals surface area contributed by atoms with E-state index in [0.717, 1.165) is 5.56 Å². The first-order chi connectivity index (χ1) is 6.72. The average Bonchev–Trinajstić information content (AvgIpc) is 2.17. The van der Waals surface area contributed by atoms with Crippen LogP contribution in [0.4, 0.5) is 0 Å². The number of carbonyl (C=O) groups excluding carboxylic acids is 2. The quantitative estimate of drug-likeness (QED) is 0.435. The van der Waals surface area contributed by atoms with Crippen LogP contribution >= 0.6 is 11.6 Å². The van der Waals surface area contributed by atoms with Gasteiger partial charge in [-0.1, -0.05) is 23.7 Å². The van der Waals surface area contributed by atoms with E-state index in [1.165, 1.54) is 0 Å². The molecule has 1 aromatic carbocycles. The van der Waals surface area contributed by atoms with Gasteiger partial charge in [0, 0.05) is 5.02 Å². The second-order valence-corrected chi connectivity index (χ2v) is 3.15. The normalized spacial score (nSPS) is 9.50. The van der Waals surface area contributed by atoms with Crippen molar-refractivity contribution in [3.05, 3.63) is 34.9 Å². The van der Waals surface area contributed by atoms with Gasteiger partial charge in [-0.15, -0.1) is 0 Å². The van der Waals surface area contributed by atoms with Gasteiger partial charge in [-0.05, 0) is 24.1 Å². The fourth-order valence-corrected chi connectivity index (χ4v) is 1.14. The summed E-state index contributed by atoms with van der Waals surface area (Å²) in [4.78, 5) is 20.6. The Morgan fingerprint density at radius 1 is 1.36 bits per heavy atom. The zero-order valence-electron chi connectivity index (χ0n) is 7.40. The average molecular weight is 213 g/mol. The number of hydrogen-bond acceptors (Lipinski definition) is 3. The molecule has 0 spiro atoms. The van der Waals surface area contributed by atoms with E-state index in [1.807, 2.05) is 12.1 Å². The van der Waals surface area contributed by atoms with Gasteiger partial charge in [-0.2, -0.15) is 0 Å². The molecule has 14 heavy (non-hydrogen) atoms. The Balaban J connectivity index is 2.41. The van der Waals surface area contributed by atoms with Crippen molar-refractivity contribution in [2.75, 3.05) is 0 Å². The minimum Gasteiger partial charge on any atom is -0.395 e. The van der Waals surface area contributed by atoms with E-state index in [9.17, 15) is 9.59 Å². The number of ether oxygens (including phenoxy) is 1. The van der Waals surface area contributed by atoms with E-state index in [1.54, 1.807) is 12.1 Å². The molecule has 0 aliphatic heterocycles. The first-order valence-corrected chi connectivity index (χ1v) is 4.48. The van der Waals surface area contributed by atoms with E-state index in [0.29, 0.717) is 11.4 Å². The van der Waals surface area contributed by atoms with Crippen LogP contribution in [-0.4, -0.2) is 12.4 Å². The van der Waals surface area contributed by atoms with Gasteiger partial charge in [-0.3, -0.25) is 9.59 Å². The van der Waals surface area contributed by atoms with E-state index < -0.39 is 5.97 Å². The molecule has 0 saturated carbocycles. The maximum atomic E-state index is 10.8. The molecule has 74 valence electrons. The summed E-state index contributed by atoms with van der Waals surface area (Å²) < 4.78 is 4.14. The third-order valence-corrected chi connectivity index (χ3v) is 1.96. The molecule has 4 heteroatoms. The molecule has 0 heterocycles. The van der Waals surface area contributed by atoms with Crippen LogP contribution in [0.25, 0.3) is 0 Å². The summed E-state index contributed by atoms with van der Waals surface area (Å²) in [5.74, 6) is -0.519. The van der Waals surface area contributed by atoms with Crippen LogP contribution in [0.2, 0.25) is 5.02 Å². The van der Waals surface area contributed by atoms with Gasteiger partial charge in [0.25, 0.3) is 0 Å². The van der Waals surface area contributed by atoms with Crippen molar-refractivity contribution >= 4 is 24.0 Å². The molecule has 0 amide bonds. The van der Waals surface area contributed by atoms with Crippen molar-refractivity contribution in [2.24, 2.45) is 0 Å². The first kappa shape index (κ1) is 10.7. The van der Waals surface area contributed by atoms with Gasteiger partial charge in [0.05, 0.1) is 6.42 Å². The molecule has 0 saturated heterocycles. The van der Waals surface area contributed by atoms with Crippen LogP contribution in [0.15, 0.2) is 24.3 Å². The summed E-state index contributed by atoms with van der Waals surface area (Å²) >= 11 is 5.69. The third kappa shape index (κ3) is 3.58. The third-order valence-electron chi connectivity index (χ3n) is 1.71. The minimum absolute atomic E-state index is 0.143. The van der Waals surface area contributed by atoms with E-state index in [-0.39, 0.29) is 12.9 Å². The molecule has 3 nitrogen and oxygen atoms in total. The van der Waals surface area contributed by atoms with E-state index in [2.05, 4.69) is 4.74 Å². The van der Waals surface area contributed by atoms with Crippen molar-refractivity contribution in [3.63, 3.8) is 0 Å². The molecule has 0 radical (unpaired) electrons. The molecule has 0 N–H and O–H groups in total. The Morgan fingerprint density at radius 2 is 2.00 bits per heavy atom. The Labute approximate surface area is 86.6 Å². The van der Waals surface area contributed by atoms with E-state index in [4.69, 9.17) is 11.6 Å². The lowest BCUT2D eigenvalue weighted by Crippen LogP contribution is -2.03. The van der Waals surface area contributed by atoms with Crippen molar-refractivity contribution < 1.29 is 14.3 Å². The monoisotopic (exact) mass is 212 g/mol. The van der Waals surface area contributed by atoms with Crippen LogP contribution < -0.4 is 0 Å². The highest BCUT2D eigenvalue weighted by Gasteiger charge is 2.02. The molecule has 0 aromatic heterocycles. The zero-order chi connectivity index (χ0) is 10.4. The van der Waals surface area contributed by atoms with Crippen LogP contribution in [0.5, 0.6) is 0 Å². The summed E-state index contributed by atoms with van der Waals surface area (Å²) in [6.45, 7) is 0.143. The molecule has 1 rings (SSSR count). The van der Waals surface area contributed by atoms with Gasteiger partial charge in [0.2, 0.25) is 0 Å². The molecular formula is C10H9ClO3. The summed E-state index contributed by atoms with van der Waals surface area (Å²) in [7, 11) is 0. The van der Waals surface area contributed by atoms with Gasteiger partial charge in [-0.25, -0.2) is 0 Å². The molecule has 1 aromatic rings. The maximum Gasteiger partial charge on any atom is 0.313 e. The standard InChI is InChI=1S/C10H9ClO3/c11-9-4-1-8(2-5-9)3-6-10(13)14-7-12/h1-2,4-5,7H,3,6H2. The lowest BCUT2D eigenvalue weighted by atomic mass is 10.1. The molecule has 0 fully saturated rings. The van der Waals surface area contributed by atoms with Gasteiger partial charge in [0.15, 0.2) is 0 Å². The topological polar surface area (TPSA) is 43.4 Å². The highest BCUT2D eigenvalue weighted by Crippen LogP contribution is 2.10. The molecule has 0 aliphatic rings. The minimum atomic E-state index is -0.519. The van der Waals surface area contributed by atoms with Crippen LogP contribution in [0, 0.1) is 0 Å². The largest absolute Gasteiger partial charge is 0.395 e. The number of benzene rings is 1. The Bertz CT molecular complexity index is 319. The lowest BCUT2D eigenvalue weighted by Gasteiger charge is -1.99. The Morgan fingerprint density at radius 3 is 2.57 bits per heavy atom. The molecule has 0 unspecified atom stereocenters. The Kier molecular flexibility index (Phi) is 4.13. The molecule has 0 atom stereocenters. The van der Waals surface area contributed by atoms with Crippen molar-refractivity contribution in [1.29, 1.82) is 0 Å². The molecular weight excluding hydrogens is 204 g/mol. The number of halogens is 1. The van der Waals surface area contributed by atoms with Gasteiger partial charge >= 0.3 is 12.4 Å². The smallest absolute Gasteiger partial charge is 0.313 e. The second kappa shape index (κ2) is 5.40. The highest BCUT2D eigenvalue weighted by molar-refractivity contribution is 6.30. The first-order valence-electron chi connectivity index (χ1n) is 4.10. The predicted molar refractivity (Wildman–Crippen MR) is 51.9 cm³/mol. The van der Waals surface area contributed by atoms with Crippen molar-refractivity contribution in [1.82, 2.24) is 0 Å². The number of carbonyl (C=O) groups is 2. The molecule has 0 bridgehead atoms. The summed E-state index contributed by atoms with van der Waals surface area (Å²) in [6, 6.07) is 7.16. The molecule has 0 aliphatic carbocycles. The van der Waals surface area contributed by atoms with Gasteiger partial charge in [0.1, 0.15) is 0 Å². The fourth-order valence-electron chi connectivity index (χ4n) is 1.01. The fraction of sp³-hybridized carbons (Fsp3) is 0.200. The maximum absolute atomic E-state index is 10.8. The number of esters is 1. The number of hydrogen-bond donors (Lipinski definition) is 0. The SMILES string of the molecule is O=COC(=O)CCc1ccc(Cl)cc1. The van der Waals surface area contributed by atoms with Crippen molar-refractivity contribution in [2.45, 2.75) is 12.8 Å². The highest BCUT2D eigenvalue weighted by atomic mass is 35.5. The second-order valence-electron chi connectivity index (χ2n) is 2.71. The summed E-state index contributed by atoms with van der Waals surface area (Å²) in [5.41, 5.74) is 0.984. The van der Waals surface area contributed by atoms with Crippen LogP contribution in [0.3, 0.4) is 0 Å². The number of aryl methyl sites for hydroxylation is 1. The number of rotatable bonds is 4. The lowest BCUT2D eigenvalue weighted by molar-refractivity contribution is -0.151. The van der Waals surface area contributed by atoms with E-state index >= 15 is 0 Å². The zero-order valence-corrected chi connectivity index (χ0v) is 8.16. The van der Waals surface area contributed by atoms with Crippen LogP contribution in [0.1, 0.15) is 12.0 Å². The van der Waals surface area contributed by atoms with Gasteiger partial charge < -0.3 is 4.74 Å². The van der Waals surface area contributed by atoms with Crippen molar-refractivity contribution in [3.8, 4) is 0 Å². The summed E-state index contributed by atoms with van der Waals surface area (Å²) in [5, 5.41) is 0.657. The Hall–Kier alpha value is -1.35. The summed E-state index contributed by atoms with van der Waals surface area (Å²) in [6.07, 6.45) is 0.740. The predicted octanol–water partition coefficient (Wildman–Crippen LogP) is 1.97.